The van der Waals surface area contributed by atoms with Gasteiger partial charge in [0.1, 0.15) is 18.0 Å². The van der Waals surface area contributed by atoms with Gasteiger partial charge in [-0.1, -0.05) is 24.3 Å². The van der Waals surface area contributed by atoms with Crippen molar-refractivity contribution in [1.82, 2.24) is 9.38 Å². The van der Waals surface area contributed by atoms with Crippen LogP contribution in [0.5, 0.6) is 11.6 Å². The number of benzene rings is 1. The second kappa shape index (κ2) is 5.56. The van der Waals surface area contributed by atoms with Crippen LogP contribution in [0.2, 0.25) is 0 Å². The molecule has 6 nitrogen and oxygen atoms in total. The van der Waals surface area contributed by atoms with E-state index in [4.69, 9.17) is 9.47 Å². The molecule has 6 heteroatoms. The van der Waals surface area contributed by atoms with Gasteiger partial charge in [0.05, 0.1) is 12.0 Å². The Balaban J connectivity index is 1.71. The molecule has 0 saturated carbocycles. The Bertz CT molecular complexity index is 1150. The van der Waals surface area contributed by atoms with Crippen molar-refractivity contribution in [3.63, 3.8) is 0 Å². The molecule has 0 radical (unpaired) electrons. The van der Waals surface area contributed by atoms with Gasteiger partial charge in [0, 0.05) is 17.7 Å². The number of pyridine rings is 1. The molecule has 0 aliphatic carbocycles. The molecule has 3 aromatic rings. The summed E-state index contributed by atoms with van der Waals surface area (Å²) in [5, 5.41) is 0. The van der Waals surface area contributed by atoms with Crippen LogP contribution in [0, 0.1) is 0 Å². The van der Waals surface area contributed by atoms with E-state index in [9.17, 15) is 9.59 Å². The normalized spacial score (nSPS) is 18.4. The Labute approximate surface area is 148 Å². The largest absolute Gasteiger partial charge is 0.489 e. The molecule has 2 aromatic heterocycles. The lowest BCUT2D eigenvalue weighted by atomic mass is 9.86. The summed E-state index contributed by atoms with van der Waals surface area (Å²) in [5.41, 5.74) is 2.44. The topological polar surface area (TPSA) is 69.9 Å². The minimum Gasteiger partial charge on any atom is -0.489 e. The minimum absolute atomic E-state index is 0.0974. The molecular formula is C20H14N2O4. The first-order chi connectivity index (χ1) is 12.7. The molecule has 2 aliphatic rings. The van der Waals surface area contributed by atoms with Crippen LogP contribution in [0.4, 0.5) is 0 Å². The van der Waals surface area contributed by atoms with Gasteiger partial charge in [0.25, 0.3) is 5.56 Å². The summed E-state index contributed by atoms with van der Waals surface area (Å²) in [6.45, 7) is 0.325. The van der Waals surface area contributed by atoms with Crippen molar-refractivity contribution in [2.75, 3.05) is 6.61 Å². The highest BCUT2D eigenvalue weighted by molar-refractivity contribution is 5.78. The highest BCUT2D eigenvalue weighted by Crippen LogP contribution is 2.39. The summed E-state index contributed by atoms with van der Waals surface area (Å²) in [6.07, 6.45) is 3.75. The molecule has 4 heterocycles. The Kier molecular flexibility index (Phi) is 3.18. The van der Waals surface area contributed by atoms with Crippen LogP contribution in [0.3, 0.4) is 0 Å². The van der Waals surface area contributed by atoms with Gasteiger partial charge >= 0.3 is 5.97 Å². The monoisotopic (exact) mass is 346 g/mol. The number of carbonyl (C=O) groups is 1. The minimum atomic E-state index is -0.406. The van der Waals surface area contributed by atoms with Crippen molar-refractivity contribution in [3.8, 4) is 11.6 Å². The third-order valence-corrected chi connectivity index (χ3v) is 4.77. The summed E-state index contributed by atoms with van der Waals surface area (Å²) in [5.74, 6) is 0.0941. The van der Waals surface area contributed by atoms with E-state index in [-0.39, 0.29) is 17.9 Å². The van der Waals surface area contributed by atoms with Gasteiger partial charge in [-0.3, -0.25) is 14.0 Å². The maximum atomic E-state index is 13.0. The molecular weight excluding hydrogens is 332 g/mol. The number of hydrogen-bond acceptors (Lipinski definition) is 5. The fraction of sp³-hybridized carbons (Fsp3) is 0.150. The zero-order chi connectivity index (χ0) is 17.7. The number of para-hydroxylation sites is 1. The summed E-state index contributed by atoms with van der Waals surface area (Å²) in [6, 6.07) is 12.9. The number of carbonyl (C=O) groups excluding carboxylic acids is 1. The molecule has 0 unspecified atom stereocenters. The van der Waals surface area contributed by atoms with Crippen molar-refractivity contribution in [2.45, 2.75) is 12.3 Å². The van der Waals surface area contributed by atoms with E-state index in [1.54, 1.807) is 24.4 Å². The molecule has 0 N–H and O–H groups in total. The van der Waals surface area contributed by atoms with Crippen LogP contribution >= 0.6 is 0 Å². The second-order valence-corrected chi connectivity index (χ2v) is 6.34. The predicted octanol–water partition coefficient (Wildman–Crippen LogP) is 2.56. The van der Waals surface area contributed by atoms with Crippen molar-refractivity contribution in [3.05, 3.63) is 75.7 Å². The Hall–Kier alpha value is -3.41. The van der Waals surface area contributed by atoms with Gasteiger partial charge in [-0.05, 0) is 29.8 Å². The SMILES string of the molecule is O=C1C[C@@H](C2=Cc3ccccc3OC2)c2c(nc3ccccn3c2=O)O1. The van der Waals surface area contributed by atoms with Crippen molar-refractivity contribution in [1.29, 1.82) is 0 Å². The van der Waals surface area contributed by atoms with Gasteiger partial charge in [-0.15, -0.1) is 0 Å². The van der Waals surface area contributed by atoms with E-state index >= 15 is 0 Å². The van der Waals surface area contributed by atoms with E-state index in [1.165, 1.54) is 4.40 Å². The standard InChI is InChI=1S/C20H14N2O4/c23-17-10-14(13-9-12-5-1-2-6-15(12)25-11-13)18-19(26-17)21-16-7-3-4-8-22(16)20(18)24/h1-9,14H,10-11H2/t14-/m0/s1. The van der Waals surface area contributed by atoms with E-state index in [1.807, 2.05) is 30.3 Å². The zero-order valence-corrected chi connectivity index (χ0v) is 13.7. The molecule has 26 heavy (non-hydrogen) atoms. The van der Waals surface area contributed by atoms with Crippen LogP contribution < -0.4 is 15.0 Å². The first kappa shape index (κ1) is 14.9. The molecule has 128 valence electrons. The predicted molar refractivity (Wildman–Crippen MR) is 94.4 cm³/mol. The maximum absolute atomic E-state index is 13.0. The van der Waals surface area contributed by atoms with Crippen LogP contribution in [0.15, 0.2) is 59.0 Å². The lowest BCUT2D eigenvalue weighted by Crippen LogP contribution is -2.32. The number of fused-ring (bicyclic) bond motifs is 3. The first-order valence-corrected chi connectivity index (χ1v) is 8.35. The van der Waals surface area contributed by atoms with Gasteiger partial charge in [-0.25, -0.2) is 0 Å². The number of ether oxygens (including phenoxy) is 2. The Morgan fingerprint density at radius 1 is 1.08 bits per heavy atom. The summed E-state index contributed by atoms with van der Waals surface area (Å²) < 4.78 is 12.6. The first-order valence-electron chi connectivity index (χ1n) is 8.35. The average molecular weight is 346 g/mol. The highest BCUT2D eigenvalue weighted by Gasteiger charge is 2.35. The molecule has 0 bridgehead atoms. The number of rotatable bonds is 1. The van der Waals surface area contributed by atoms with Crippen LogP contribution in [0.1, 0.15) is 23.5 Å². The fourth-order valence-corrected chi connectivity index (χ4v) is 3.53. The third-order valence-electron chi connectivity index (χ3n) is 4.77. The molecule has 1 aromatic carbocycles. The van der Waals surface area contributed by atoms with E-state index in [0.29, 0.717) is 17.8 Å². The van der Waals surface area contributed by atoms with Crippen molar-refractivity contribution in [2.24, 2.45) is 0 Å². The van der Waals surface area contributed by atoms with Crippen LogP contribution in [-0.2, 0) is 4.79 Å². The molecule has 0 fully saturated rings. The van der Waals surface area contributed by atoms with Gasteiger partial charge in [-0.2, -0.15) is 4.98 Å². The average Bonchev–Trinajstić information content (AvgIpc) is 2.67. The Morgan fingerprint density at radius 2 is 1.92 bits per heavy atom. The van der Waals surface area contributed by atoms with E-state index in [2.05, 4.69) is 4.98 Å². The quantitative estimate of drug-likeness (QED) is 0.634. The number of hydrogen-bond donors (Lipinski definition) is 0. The Morgan fingerprint density at radius 3 is 2.85 bits per heavy atom. The van der Waals surface area contributed by atoms with Gasteiger partial charge < -0.3 is 9.47 Å². The summed E-state index contributed by atoms with van der Waals surface area (Å²) in [4.78, 5) is 29.5. The lowest BCUT2D eigenvalue weighted by Gasteiger charge is -2.28. The van der Waals surface area contributed by atoms with E-state index in [0.717, 1.165) is 16.9 Å². The zero-order valence-electron chi connectivity index (χ0n) is 13.7. The van der Waals surface area contributed by atoms with Crippen LogP contribution in [0.25, 0.3) is 11.7 Å². The molecule has 1 atom stereocenters. The summed E-state index contributed by atoms with van der Waals surface area (Å²) in [7, 11) is 0. The van der Waals surface area contributed by atoms with Crippen molar-refractivity contribution >= 4 is 17.7 Å². The molecule has 0 spiro atoms. The third kappa shape index (κ3) is 2.23. The number of aromatic nitrogens is 2. The summed E-state index contributed by atoms with van der Waals surface area (Å²) >= 11 is 0. The fourth-order valence-electron chi connectivity index (χ4n) is 3.53. The van der Waals surface area contributed by atoms with E-state index < -0.39 is 11.9 Å². The van der Waals surface area contributed by atoms with Gasteiger partial charge in [0.2, 0.25) is 5.88 Å². The van der Waals surface area contributed by atoms with Gasteiger partial charge in [0.15, 0.2) is 0 Å². The molecule has 0 saturated heterocycles. The molecule has 5 rings (SSSR count). The lowest BCUT2D eigenvalue weighted by molar-refractivity contribution is -0.136. The highest BCUT2D eigenvalue weighted by atomic mass is 16.5. The second-order valence-electron chi connectivity index (χ2n) is 6.34. The molecule has 2 aliphatic heterocycles. The number of nitrogens with zero attached hydrogens (tertiary/aromatic N) is 2. The van der Waals surface area contributed by atoms with Crippen LogP contribution in [-0.4, -0.2) is 22.0 Å². The maximum Gasteiger partial charge on any atom is 0.313 e. The number of esters is 1. The smallest absolute Gasteiger partial charge is 0.313 e. The van der Waals surface area contributed by atoms with Crippen molar-refractivity contribution < 1.29 is 14.3 Å². The molecule has 0 amide bonds.